The average Bonchev–Trinajstić information content (AvgIpc) is 2.35. The number of ether oxygens (including phenoxy) is 1. The summed E-state index contributed by atoms with van der Waals surface area (Å²) >= 11 is 0. The van der Waals surface area contributed by atoms with E-state index in [0.29, 0.717) is 5.56 Å². The molecule has 18 heavy (non-hydrogen) atoms. The Hall–Kier alpha value is -1.66. The standard InChI is InChI=1S/C12H14O5S/c1-9(12(13)14)10-3-5-11(6-4-10)18(15,16)8-7-17-2/h3-6H,1,7-8H2,2H3,(H,13,14). The third-order valence-electron chi connectivity index (χ3n) is 2.38. The van der Waals surface area contributed by atoms with E-state index in [1.54, 1.807) is 0 Å². The Morgan fingerprint density at radius 3 is 2.33 bits per heavy atom. The van der Waals surface area contributed by atoms with Crippen molar-refractivity contribution in [3.8, 4) is 0 Å². The number of sulfone groups is 1. The molecule has 1 aromatic carbocycles. The molecule has 0 fully saturated rings. The van der Waals surface area contributed by atoms with Gasteiger partial charge in [0.2, 0.25) is 0 Å². The Bertz CT molecular complexity index is 542. The van der Waals surface area contributed by atoms with E-state index in [1.807, 2.05) is 0 Å². The summed E-state index contributed by atoms with van der Waals surface area (Å²) in [6.07, 6.45) is 0. The number of methoxy groups -OCH3 is 1. The third kappa shape index (κ3) is 3.41. The van der Waals surface area contributed by atoms with Gasteiger partial charge >= 0.3 is 5.97 Å². The van der Waals surface area contributed by atoms with E-state index < -0.39 is 15.8 Å². The van der Waals surface area contributed by atoms with Crippen LogP contribution < -0.4 is 0 Å². The Kier molecular flexibility index (Phi) is 4.63. The van der Waals surface area contributed by atoms with Crippen molar-refractivity contribution >= 4 is 21.4 Å². The zero-order valence-corrected chi connectivity index (χ0v) is 10.7. The highest BCUT2D eigenvalue weighted by atomic mass is 32.2. The highest BCUT2D eigenvalue weighted by Gasteiger charge is 2.15. The van der Waals surface area contributed by atoms with Crippen molar-refractivity contribution in [1.82, 2.24) is 0 Å². The zero-order valence-electron chi connectivity index (χ0n) is 9.92. The van der Waals surface area contributed by atoms with Crippen molar-refractivity contribution < 1.29 is 23.1 Å². The highest BCUT2D eigenvalue weighted by molar-refractivity contribution is 7.91. The molecule has 0 bridgehead atoms. The van der Waals surface area contributed by atoms with Gasteiger partial charge in [-0.3, -0.25) is 0 Å². The molecule has 0 amide bonds. The molecule has 0 heterocycles. The summed E-state index contributed by atoms with van der Waals surface area (Å²) in [5.41, 5.74) is 0.309. The zero-order chi connectivity index (χ0) is 13.8. The summed E-state index contributed by atoms with van der Waals surface area (Å²) in [4.78, 5) is 10.8. The van der Waals surface area contributed by atoms with Crippen LogP contribution in [0.1, 0.15) is 5.56 Å². The molecular weight excluding hydrogens is 256 g/mol. The largest absolute Gasteiger partial charge is 0.478 e. The summed E-state index contributed by atoms with van der Waals surface area (Å²) in [6.45, 7) is 3.51. The van der Waals surface area contributed by atoms with E-state index in [2.05, 4.69) is 6.58 Å². The number of rotatable bonds is 6. The second-order valence-corrected chi connectivity index (χ2v) is 5.73. The Balaban J connectivity index is 2.96. The van der Waals surface area contributed by atoms with Crippen LogP contribution in [0, 0.1) is 0 Å². The number of benzene rings is 1. The van der Waals surface area contributed by atoms with E-state index in [4.69, 9.17) is 9.84 Å². The van der Waals surface area contributed by atoms with Gasteiger partial charge < -0.3 is 9.84 Å². The molecule has 0 saturated carbocycles. The van der Waals surface area contributed by atoms with Gasteiger partial charge in [-0.2, -0.15) is 0 Å². The minimum Gasteiger partial charge on any atom is -0.478 e. The van der Waals surface area contributed by atoms with Crippen LogP contribution >= 0.6 is 0 Å². The van der Waals surface area contributed by atoms with Gasteiger partial charge in [0.15, 0.2) is 9.84 Å². The first-order valence-electron chi connectivity index (χ1n) is 5.13. The highest BCUT2D eigenvalue weighted by Crippen LogP contribution is 2.17. The van der Waals surface area contributed by atoms with Gasteiger partial charge in [0.05, 0.1) is 22.8 Å². The lowest BCUT2D eigenvalue weighted by Crippen LogP contribution is -2.11. The third-order valence-corrected chi connectivity index (χ3v) is 4.07. The number of hydrogen-bond acceptors (Lipinski definition) is 4. The van der Waals surface area contributed by atoms with Gasteiger partial charge in [-0.25, -0.2) is 13.2 Å². The van der Waals surface area contributed by atoms with Crippen LogP contribution in [0.3, 0.4) is 0 Å². The maximum atomic E-state index is 11.8. The van der Waals surface area contributed by atoms with Gasteiger partial charge in [0.1, 0.15) is 0 Å². The lowest BCUT2D eigenvalue weighted by atomic mass is 10.1. The Morgan fingerprint density at radius 1 is 1.33 bits per heavy atom. The number of carboxylic acids is 1. The van der Waals surface area contributed by atoms with E-state index in [1.165, 1.54) is 31.4 Å². The number of aliphatic carboxylic acids is 1. The number of hydrogen-bond donors (Lipinski definition) is 1. The van der Waals surface area contributed by atoms with Crippen LogP contribution in [-0.4, -0.2) is 39.0 Å². The van der Waals surface area contributed by atoms with E-state index in [9.17, 15) is 13.2 Å². The van der Waals surface area contributed by atoms with Crippen LogP contribution in [0.2, 0.25) is 0 Å². The molecule has 0 aliphatic heterocycles. The van der Waals surface area contributed by atoms with Crippen molar-refractivity contribution in [3.05, 3.63) is 36.4 Å². The van der Waals surface area contributed by atoms with Crippen LogP contribution in [0.15, 0.2) is 35.7 Å². The second kappa shape index (κ2) is 5.79. The van der Waals surface area contributed by atoms with Crippen molar-refractivity contribution in [2.75, 3.05) is 19.5 Å². The predicted octanol–water partition coefficient (Wildman–Crippen LogP) is 1.20. The number of carbonyl (C=O) groups is 1. The molecule has 0 unspecified atom stereocenters. The van der Waals surface area contributed by atoms with Crippen molar-refractivity contribution in [2.24, 2.45) is 0 Å². The molecule has 98 valence electrons. The molecule has 1 N–H and O–H groups in total. The van der Waals surface area contributed by atoms with Gasteiger partial charge in [-0.15, -0.1) is 0 Å². The summed E-state index contributed by atoms with van der Waals surface area (Å²) in [5, 5.41) is 8.75. The van der Waals surface area contributed by atoms with E-state index in [0.717, 1.165) is 0 Å². The normalized spacial score (nSPS) is 11.2. The van der Waals surface area contributed by atoms with Crippen molar-refractivity contribution in [1.29, 1.82) is 0 Å². The maximum absolute atomic E-state index is 11.8. The minimum atomic E-state index is -3.39. The van der Waals surface area contributed by atoms with Crippen LogP contribution in [-0.2, 0) is 19.4 Å². The minimum absolute atomic E-state index is 0.0733. The lowest BCUT2D eigenvalue weighted by Gasteiger charge is -2.05. The fourth-order valence-corrected chi connectivity index (χ4v) is 2.47. The summed E-state index contributed by atoms with van der Waals surface area (Å²) in [7, 11) is -1.96. The average molecular weight is 270 g/mol. The molecule has 1 rings (SSSR count). The molecular formula is C12H14O5S. The molecule has 5 nitrogen and oxygen atoms in total. The molecule has 0 spiro atoms. The molecule has 0 aromatic heterocycles. The number of carboxylic acid groups (broad SMARTS) is 1. The monoisotopic (exact) mass is 270 g/mol. The van der Waals surface area contributed by atoms with Gasteiger partial charge in [-0.05, 0) is 17.7 Å². The summed E-state index contributed by atoms with van der Waals surface area (Å²) in [5.74, 6) is -1.24. The lowest BCUT2D eigenvalue weighted by molar-refractivity contribution is -0.130. The first-order valence-corrected chi connectivity index (χ1v) is 6.78. The second-order valence-electron chi connectivity index (χ2n) is 3.62. The SMILES string of the molecule is C=C(C(=O)O)c1ccc(S(=O)(=O)CCOC)cc1. The van der Waals surface area contributed by atoms with E-state index >= 15 is 0 Å². The fourth-order valence-electron chi connectivity index (χ4n) is 1.30. The maximum Gasteiger partial charge on any atom is 0.335 e. The Morgan fingerprint density at radius 2 is 1.89 bits per heavy atom. The molecule has 6 heteroatoms. The molecule has 0 saturated heterocycles. The molecule has 1 aromatic rings. The summed E-state index contributed by atoms with van der Waals surface area (Å²) in [6, 6.07) is 5.59. The first kappa shape index (κ1) is 14.4. The van der Waals surface area contributed by atoms with Crippen LogP contribution in [0.4, 0.5) is 0 Å². The quantitative estimate of drug-likeness (QED) is 0.786. The molecule has 0 atom stereocenters. The van der Waals surface area contributed by atoms with Crippen molar-refractivity contribution in [3.63, 3.8) is 0 Å². The van der Waals surface area contributed by atoms with Gasteiger partial charge in [-0.1, -0.05) is 18.7 Å². The molecule has 0 aliphatic rings. The Labute approximate surface area is 106 Å². The van der Waals surface area contributed by atoms with Gasteiger partial charge in [0, 0.05) is 7.11 Å². The summed E-state index contributed by atoms with van der Waals surface area (Å²) < 4.78 is 28.3. The molecule has 0 radical (unpaired) electrons. The topological polar surface area (TPSA) is 80.7 Å². The van der Waals surface area contributed by atoms with Crippen LogP contribution in [0.5, 0.6) is 0 Å². The fraction of sp³-hybridized carbons (Fsp3) is 0.250. The van der Waals surface area contributed by atoms with E-state index in [-0.39, 0.29) is 22.8 Å². The smallest absolute Gasteiger partial charge is 0.335 e. The van der Waals surface area contributed by atoms with Crippen LogP contribution in [0.25, 0.3) is 5.57 Å². The first-order chi connectivity index (χ1) is 8.38. The molecule has 0 aliphatic carbocycles. The van der Waals surface area contributed by atoms with Crippen molar-refractivity contribution in [2.45, 2.75) is 4.90 Å². The van der Waals surface area contributed by atoms with Gasteiger partial charge in [0.25, 0.3) is 0 Å². The predicted molar refractivity (Wildman–Crippen MR) is 67.0 cm³/mol.